The Balaban J connectivity index is 0.00000261. The van der Waals surface area contributed by atoms with Gasteiger partial charge in [-0.1, -0.05) is 38.5 Å². The van der Waals surface area contributed by atoms with E-state index in [9.17, 15) is 4.79 Å². The Hall–Kier alpha value is -1.85. The fourth-order valence-electron chi connectivity index (χ4n) is 3.48. The number of carbonyl (C=O) groups excluding carboxylic acids is 1. The van der Waals surface area contributed by atoms with E-state index in [1.807, 2.05) is 35.0 Å². The second-order valence-electron chi connectivity index (χ2n) is 8.30. The molecular formula is C21H31ClN4O. The molecule has 1 N–H and O–H groups in total. The number of hydrogen-bond acceptors (Lipinski definition) is 3. The second-order valence-corrected chi connectivity index (χ2v) is 8.30. The summed E-state index contributed by atoms with van der Waals surface area (Å²) in [6, 6.07) is 8.59. The first-order chi connectivity index (χ1) is 12.3. The lowest BCUT2D eigenvalue weighted by Gasteiger charge is -2.33. The zero-order valence-corrected chi connectivity index (χ0v) is 17.8. The van der Waals surface area contributed by atoms with Crippen molar-refractivity contribution in [3.8, 4) is 5.69 Å². The van der Waals surface area contributed by atoms with Gasteiger partial charge in [-0.15, -0.1) is 12.4 Å². The number of nitrogens with one attached hydrogen (secondary N) is 1. The molecule has 0 aliphatic carbocycles. The van der Waals surface area contributed by atoms with Gasteiger partial charge in [-0.25, -0.2) is 4.68 Å². The highest BCUT2D eigenvalue weighted by molar-refractivity contribution is 5.95. The van der Waals surface area contributed by atoms with Crippen LogP contribution in [-0.4, -0.2) is 46.8 Å². The lowest BCUT2D eigenvalue weighted by atomic mass is 9.89. The van der Waals surface area contributed by atoms with E-state index in [4.69, 9.17) is 5.10 Å². The Kier molecular flexibility index (Phi) is 6.71. The normalized spacial score (nSPS) is 17.5. The van der Waals surface area contributed by atoms with E-state index in [1.165, 1.54) is 5.56 Å². The monoisotopic (exact) mass is 390 g/mol. The van der Waals surface area contributed by atoms with Gasteiger partial charge in [0.1, 0.15) is 0 Å². The van der Waals surface area contributed by atoms with Crippen molar-refractivity contribution in [3.05, 3.63) is 47.3 Å². The molecule has 1 atom stereocenters. The van der Waals surface area contributed by atoms with Gasteiger partial charge in [0.25, 0.3) is 5.91 Å². The molecule has 0 spiro atoms. The molecule has 1 aromatic heterocycles. The summed E-state index contributed by atoms with van der Waals surface area (Å²) in [7, 11) is 1.97. The molecule has 0 radical (unpaired) electrons. The molecule has 6 heteroatoms. The smallest absolute Gasteiger partial charge is 0.257 e. The molecular weight excluding hydrogens is 360 g/mol. The highest BCUT2D eigenvalue weighted by atomic mass is 35.5. The van der Waals surface area contributed by atoms with Crippen LogP contribution >= 0.6 is 12.4 Å². The molecule has 0 bridgehead atoms. The third-order valence-corrected chi connectivity index (χ3v) is 5.07. The van der Waals surface area contributed by atoms with Gasteiger partial charge in [-0.05, 0) is 38.9 Å². The van der Waals surface area contributed by atoms with Crippen molar-refractivity contribution in [2.24, 2.45) is 0 Å². The van der Waals surface area contributed by atoms with Crippen molar-refractivity contribution in [2.45, 2.75) is 52.0 Å². The molecule has 1 aliphatic heterocycles. The van der Waals surface area contributed by atoms with E-state index < -0.39 is 0 Å². The van der Waals surface area contributed by atoms with Gasteiger partial charge in [0, 0.05) is 30.7 Å². The molecule has 1 fully saturated rings. The third kappa shape index (κ3) is 4.71. The maximum Gasteiger partial charge on any atom is 0.257 e. The Morgan fingerprint density at radius 2 is 1.89 bits per heavy atom. The maximum atomic E-state index is 13.3. The minimum Gasteiger partial charge on any atom is -0.337 e. The van der Waals surface area contributed by atoms with Crippen LogP contribution in [0, 0.1) is 6.92 Å². The number of benzene rings is 1. The van der Waals surface area contributed by atoms with Crippen LogP contribution in [0.1, 0.15) is 55.2 Å². The highest BCUT2D eigenvalue weighted by Gasteiger charge is 2.31. The van der Waals surface area contributed by atoms with Crippen LogP contribution < -0.4 is 5.32 Å². The predicted octanol–water partition coefficient (Wildman–Crippen LogP) is 3.72. The number of aromatic nitrogens is 2. The first-order valence-electron chi connectivity index (χ1n) is 9.43. The first kappa shape index (κ1) is 21.5. The summed E-state index contributed by atoms with van der Waals surface area (Å²) in [5.74, 6) is 0.0910. The van der Waals surface area contributed by atoms with Gasteiger partial charge in [-0.3, -0.25) is 4.79 Å². The van der Waals surface area contributed by atoms with E-state index >= 15 is 0 Å². The van der Waals surface area contributed by atoms with Crippen LogP contribution in [0.2, 0.25) is 0 Å². The Labute approximate surface area is 168 Å². The zero-order valence-electron chi connectivity index (χ0n) is 17.0. The van der Waals surface area contributed by atoms with Gasteiger partial charge in [0.05, 0.1) is 16.9 Å². The van der Waals surface area contributed by atoms with Crippen molar-refractivity contribution in [3.63, 3.8) is 0 Å². The standard InChI is InChI=1S/C21H30N4O.ClH/c1-15-8-10-17(11-9-15)25-14-18(19(23-25)21(2,3)4)20(26)24-12-6-7-16(13-24)22-5;/h8-11,14,16,22H,6-7,12-13H2,1-5H3;1H. The molecule has 1 aliphatic rings. The number of hydrogen-bond donors (Lipinski definition) is 1. The summed E-state index contributed by atoms with van der Waals surface area (Å²) in [5, 5.41) is 8.10. The number of carbonyl (C=O) groups is 1. The number of aryl methyl sites for hydroxylation is 1. The van der Waals surface area contributed by atoms with Crippen LogP contribution in [0.5, 0.6) is 0 Å². The van der Waals surface area contributed by atoms with Crippen LogP contribution in [-0.2, 0) is 5.41 Å². The van der Waals surface area contributed by atoms with Gasteiger partial charge in [0.15, 0.2) is 0 Å². The van der Waals surface area contributed by atoms with Crippen molar-refractivity contribution < 1.29 is 4.79 Å². The number of likely N-dealkylation sites (tertiary alicyclic amines) is 1. The molecule has 2 aromatic rings. The highest BCUT2D eigenvalue weighted by Crippen LogP contribution is 2.27. The first-order valence-corrected chi connectivity index (χ1v) is 9.43. The van der Waals surface area contributed by atoms with E-state index in [2.05, 4.69) is 45.1 Å². The second kappa shape index (κ2) is 8.44. The molecule has 1 aromatic carbocycles. The van der Waals surface area contributed by atoms with Crippen LogP contribution in [0.3, 0.4) is 0 Å². The van der Waals surface area contributed by atoms with Crippen molar-refractivity contribution in [2.75, 3.05) is 20.1 Å². The molecule has 3 rings (SSSR count). The Bertz CT molecular complexity index is 776. The van der Waals surface area contributed by atoms with E-state index in [0.717, 1.165) is 42.9 Å². The predicted molar refractivity (Wildman–Crippen MR) is 112 cm³/mol. The molecule has 1 saturated heterocycles. The molecule has 5 nitrogen and oxygen atoms in total. The molecule has 1 amide bonds. The van der Waals surface area contributed by atoms with Crippen LogP contribution in [0.15, 0.2) is 30.5 Å². The molecule has 1 unspecified atom stereocenters. The van der Waals surface area contributed by atoms with E-state index in [0.29, 0.717) is 6.04 Å². The summed E-state index contributed by atoms with van der Waals surface area (Å²) in [4.78, 5) is 15.2. The minimum atomic E-state index is -0.195. The number of piperidine rings is 1. The summed E-state index contributed by atoms with van der Waals surface area (Å²) in [5.41, 5.74) is 3.56. The number of rotatable bonds is 3. The van der Waals surface area contributed by atoms with E-state index in [1.54, 1.807) is 0 Å². The van der Waals surface area contributed by atoms with Crippen LogP contribution in [0.25, 0.3) is 5.69 Å². The number of nitrogens with zero attached hydrogens (tertiary/aromatic N) is 3. The van der Waals surface area contributed by atoms with Crippen molar-refractivity contribution in [1.29, 1.82) is 0 Å². The Morgan fingerprint density at radius 1 is 1.22 bits per heavy atom. The molecule has 27 heavy (non-hydrogen) atoms. The van der Waals surface area contributed by atoms with Gasteiger partial charge in [0.2, 0.25) is 0 Å². The summed E-state index contributed by atoms with van der Waals surface area (Å²) in [6.45, 7) is 9.97. The number of halogens is 1. The summed E-state index contributed by atoms with van der Waals surface area (Å²) < 4.78 is 1.84. The summed E-state index contributed by atoms with van der Waals surface area (Å²) in [6.07, 6.45) is 4.06. The fourth-order valence-corrected chi connectivity index (χ4v) is 3.48. The van der Waals surface area contributed by atoms with E-state index in [-0.39, 0.29) is 23.7 Å². The number of amides is 1. The van der Waals surface area contributed by atoms with Crippen LogP contribution in [0.4, 0.5) is 0 Å². The molecule has 0 saturated carbocycles. The minimum absolute atomic E-state index is 0. The number of likely N-dealkylation sites (N-methyl/N-ethyl adjacent to an activating group) is 1. The topological polar surface area (TPSA) is 50.2 Å². The summed E-state index contributed by atoms with van der Waals surface area (Å²) >= 11 is 0. The quantitative estimate of drug-likeness (QED) is 0.868. The largest absolute Gasteiger partial charge is 0.337 e. The Morgan fingerprint density at radius 3 is 2.48 bits per heavy atom. The lowest BCUT2D eigenvalue weighted by molar-refractivity contribution is 0.0695. The van der Waals surface area contributed by atoms with Crippen molar-refractivity contribution >= 4 is 18.3 Å². The van der Waals surface area contributed by atoms with Gasteiger partial charge >= 0.3 is 0 Å². The average molecular weight is 391 g/mol. The maximum absolute atomic E-state index is 13.3. The lowest BCUT2D eigenvalue weighted by Crippen LogP contribution is -2.47. The third-order valence-electron chi connectivity index (χ3n) is 5.07. The fraction of sp³-hybridized carbons (Fsp3) is 0.524. The zero-order chi connectivity index (χ0) is 18.9. The SMILES string of the molecule is CNC1CCCN(C(=O)c2cn(-c3ccc(C)cc3)nc2C(C)(C)C)C1.Cl. The molecule has 148 valence electrons. The average Bonchev–Trinajstić information content (AvgIpc) is 3.07. The van der Waals surface area contributed by atoms with Gasteiger partial charge < -0.3 is 10.2 Å². The molecule has 2 heterocycles. The van der Waals surface area contributed by atoms with Gasteiger partial charge in [-0.2, -0.15) is 5.10 Å². The van der Waals surface area contributed by atoms with Crippen molar-refractivity contribution in [1.82, 2.24) is 20.0 Å².